The number of nitro benzene ring substituents is 1. The summed E-state index contributed by atoms with van der Waals surface area (Å²) in [7, 11) is 0. The van der Waals surface area contributed by atoms with E-state index in [2.05, 4.69) is 0 Å². The van der Waals surface area contributed by atoms with E-state index >= 15 is 0 Å². The van der Waals surface area contributed by atoms with Gasteiger partial charge in [0.2, 0.25) is 0 Å². The molecule has 1 heterocycles. The fourth-order valence-corrected chi connectivity index (χ4v) is 2.83. The van der Waals surface area contributed by atoms with E-state index < -0.39 is 16.5 Å². The Hall–Kier alpha value is -3.19. The van der Waals surface area contributed by atoms with Crippen molar-refractivity contribution in [2.45, 2.75) is 20.0 Å². The molecule has 0 atom stereocenters. The molecule has 3 aromatic rings. The predicted molar refractivity (Wildman–Crippen MR) is 98.8 cm³/mol. The number of carbonyl (C=O) groups excluding carboxylic acids is 1. The zero-order valence-corrected chi connectivity index (χ0v) is 15.0. The number of nitrogens with zero attached hydrogens (tertiary/aromatic N) is 1. The Bertz CT molecular complexity index is 1110. The lowest BCUT2D eigenvalue weighted by molar-refractivity contribution is -0.385. The number of esters is 1. The van der Waals surface area contributed by atoms with E-state index in [1.165, 1.54) is 24.3 Å². The Labute approximate surface area is 158 Å². The molecular formula is C19H14ClNO6. The first-order chi connectivity index (χ1) is 12.8. The molecule has 8 heteroatoms. The maximum Gasteiger partial charge on any atom is 0.336 e. The van der Waals surface area contributed by atoms with Crippen LogP contribution < -0.4 is 5.63 Å². The van der Waals surface area contributed by atoms with Gasteiger partial charge in [0, 0.05) is 33.7 Å². The van der Waals surface area contributed by atoms with Gasteiger partial charge in [0.15, 0.2) is 0 Å². The number of nitro groups is 1. The largest absolute Gasteiger partial charge is 0.461 e. The van der Waals surface area contributed by atoms with E-state index in [-0.39, 0.29) is 24.3 Å². The molecule has 0 unspecified atom stereocenters. The maximum absolute atomic E-state index is 12.1. The Morgan fingerprint density at radius 2 is 1.96 bits per heavy atom. The number of aryl methyl sites for hydroxylation is 1. The van der Waals surface area contributed by atoms with Gasteiger partial charge in [0.05, 0.1) is 11.3 Å². The number of para-hydroxylation sites is 1. The molecular weight excluding hydrogens is 374 g/mol. The van der Waals surface area contributed by atoms with Crippen LogP contribution in [0.5, 0.6) is 0 Å². The van der Waals surface area contributed by atoms with Crippen molar-refractivity contribution in [3.8, 4) is 0 Å². The van der Waals surface area contributed by atoms with E-state index in [0.717, 1.165) is 5.56 Å². The van der Waals surface area contributed by atoms with Crippen LogP contribution >= 0.6 is 11.6 Å². The van der Waals surface area contributed by atoms with Crippen LogP contribution in [0.1, 0.15) is 16.7 Å². The average molecular weight is 388 g/mol. The van der Waals surface area contributed by atoms with Gasteiger partial charge in [-0.3, -0.25) is 14.9 Å². The Morgan fingerprint density at radius 1 is 1.22 bits per heavy atom. The van der Waals surface area contributed by atoms with Crippen molar-refractivity contribution in [2.24, 2.45) is 0 Å². The van der Waals surface area contributed by atoms with E-state index in [9.17, 15) is 19.7 Å². The Balaban J connectivity index is 1.81. The summed E-state index contributed by atoms with van der Waals surface area (Å²) < 4.78 is 10.4. The Morgan fingerprint density at radius 3 is 2.70 bits per heavy atom. The van der Waals surface area contributed by atoms with Crippen LogP contribution in [0.3, 0.4) is 0 Å². The van der Waals surface area contributed by atoms with Gasteiger partial charge in [0.25, 0.3) is 5.69 Å². The summed E-state index contributed by atoms with van der Waals surface area (Å²) in [5.41, 5.74) is 1.06. The van der Waals surface area contributed by atoms with Gasteiger partial charge >= 0.3 is 11.6 Å². The topological polar surface area (TPSA) is 99.7 Å². The average Bonchev–Trinajstić information content (AvgIpc) is 2.61. The monoisotopic (exact) mass is 387 g/mol. The highest BCUT2D eigenvalue weighted by Gasteiger charge is 2.17. The summed E-state index contributed by atoms with van der Waals surface area (Å²) in [6.07, 6.45) is -0.254. The highest BCUT2D eigenvalue weighted by atomic mass is 35.5. The van der Waals surface area contributed by atoms with Gasteiger partial charge in [-0.25, -0.2) is 4.79 Å². The van der Waals surface area contributed by atoms with E-state index in [1.807, 2.05) is 0 Å². The van der Waals surface area contributed by atoms with Gasteiger partial charge in [-0.05, 0) is 24.6 Å². The highest BCUT2D eigenvalue weighted by Crippen LogP contribution is 2.26. The zero-order valence-electron chi connectivity index (χ0n) is 14.2. The predicted octanol–water partition coefficient (Wildman–Crippen LogP) is 3.95. The molecule has 0 bridgehead atoms. The number of hydrogen-bond acceptors (Lipinski definition) is 6. The molecule has 0 saturated carbocycles. The summed E-state index contributed by atoms with van der Waals surface area (Å²) in [5, 5.41) is 12.1. The third-order valence-electron chi connectivity index (χ3n) is 4.02. The van der Waals surface area contributed by atoms with Crippen LogP contribution in [0.15, 0.2) is 51.7 Å². The molecule has 7 nitrogen and oxygen atoms in total. The quantitative estimate of drug-likeness (QED) is 0.284. The minimum atomic E-state index is -0.649. The number of halogens is 1. The molecule has 0 N–H and O–H groups in total. The number of carbonyl (C=O) groups is 1. The van der Waals surface area contributed by atoms with Crippen molar-refractivity contribution >= 4 is 34.2 Å². The van der Waals surface area contributed by atoms with Crippen molar-refractivity contribution in [3.63, 3.8) is 0 Å². The second-order valence-electron chi connectivity index (χ2n) is 5.91. The number of rotatable bonds is 5. The maximum atomic E-state index is 12.1. The smallest absolute Gasteiger partial charge is 0.336 e. The molecule has 0 aliphatic rings. The molecule has 0 spiro atoms. The van der Waals surface area contributed by atoms with Crippen LogP contribution in [0, 0.1) is 17.0 Å². The molecule has 2 aromatic carbocycles. The summed E-state index contributed by atoms with van der Waals surface area (Å²) in [5.74, 6) is -0.649. The van der Waals surface area contributed by atoms with Crippen LogP contribution in [-0.2, 0) is 22.6 Å². The normalized spacial score (nSPS) is 10.7. The van der Waals surface area contributed by atoms with Crippen molar-refractivity contribution in [1.82, 2.24) is 0 Å². The third-order valence-corrected chi connectivity index (χ3v) is 4.43. The molecule has 0 fully saturated rings. The molecule has 0 aliphatic heterocycles. The SMILES string of the molecule is Cc1cc2oc(=O)cc(COC(=O)Cc3ccccc3[N+](=O)[O-])c2cc1Cl. The van der Waals surface area contributed by atoms with Gasteiger partial charge in [-0.15, -0.1) is 0 Å². The van der Waals surface area contributed by atoms with Gasteiger partial charge in [-0.2, -0.15) is 0 Å². The molecule has 0 radical (unpaired) electrons. The second kappa shape index (κ2) is 7.59. The molecule has 27 heavy (non-hydrogen) atoms. The lowest BCUT2D eigenvalue weighted by Gasteiger charge is -2.09. The van der Waals surface area contributed by atoms with Crippen LogP contribution in [0.4, 0.5) is 5.69 Å². The molecule has 0 amide bonds. The minimum Gasteiger partial charge on any atom is -0.461 e. The van der Waals surface area contributed by atoms with Crippen molar-refractivity contribution in [2.75, 3.05) is 0 Å². The summed E-state index contributed by atoms with van der Waals surface area (Å²) in [6.45, 7) is 1.60. The zero-order chi connectivity index (χ0) is 19.6. The fourth-order valence-electron chi connectivity index (χ4n) is 2.67. The lowest BCUT2D eigenvalue weighted by Crippen LogP contribution is -2.11. The van der Waals surface area contributed by atoms with Gasteiger partial charge in [-0.1, -0.05) is 29.8 Å². The lowest BCUT2D eigenvalue weighted by atomic mass is 10.1. The molecule has 0 aliphatic carbocycles. The van der Waals surface area contributed by atoms with Crippen molar-refractivity contribution < 1.29 is 18.9 Å². The molecule has 0 saturated heterocycles. The van der Waals surface area contributed by atoms with Crippen molar-refractivity contribution in [1.29, 1.82) is 0 Å². The summed E-state index contributed by atoms with van der Waals surface area (Å²) in [6, 6.07) is 10.5. The van der Waals surface area contributed by atoms with Crippen LogP contribution in [-0.4, -0.2) is 10.9 Å². The van der Waals surface area contributed by atoms with E-state index in [1.54, 1.807) is 25.1 Å². The standard InChI is InChI=1S/C19H14ClNO6/c1-11-6-17-14(9-15(11)20)13(8-19(23)27-17)10-26-18(22)7-12-4-2-3-5-16(12)21(24)25/h2-6,8-9H,7,10H2,1H3. The number of ether oxygens (including phenoxy) is 1. The summed E-state index contributed by atoms with van der Waals surface area (Å²) >= 11 is 6.13. The first-order valence-electron chi connectivity index (χ1n) is 7.96. The number of benzene rings is 2. The highest BCUT2D eigenvalue weighted by molar-refractivity contribution is 6.32. The molecule has 3 rings (SSSR count). The summed E-state index contributed by atoms with van der Waals surface area (Å²) in [4.78, 5) is 34.3. The van der Waals surface area contributed by atoms with E-state index in [4.69, 9.17) is 20.8 Å². The van der Waals surface area contributed by atoms with Gasteiger partial charge in [0.1, 0.15) is 12.2 Å². The van der Waals surface area contributed by atoms with Gasteiger partial charge < -0.3 is 9.15 Å². The Kier molecular flexibility index (Phi) is 5.23. The minimum absolute atomic E-state index is 0.150. The molecule has 138 valence electrons. The van der Waals surface area contributed by atoms with E-state index in [0.29, 0.717) is 21.6 Å². The fraction of sp³-hybridized carbons (Fsp3) is 0.158. The number of fused-ring (bicyclic) bond motifs is 1. The number of hydrogen-bond donors (Lipinski definition) is 0. The first-order valence-corrected chi connectivity index (χ1v) is 8.34. The van der Waals surface area contributed by atoms with Crippen molar-refractivity contribution in [3.05, 3.63) is 84.7 Å². The van der Waals surface area contributed by atoms with Crippen LogP contribution in [0.2, 0.25) is 5.02 Å². The third kappa shape index (κ3) is 4.15. The first kappa shape index (κ1) is 18.6. The second-order valence-corrected chi connectivity index (χ2v) is 6.32. The van der Waals surface area contributed by atoms with Crippen LogP contribution in [0.25, 0.3) is 11.0 Å². The molecule has 1 aromatic heterocycles.